The van der Waals surface area contributed by atoms with Gasteiger partial charge >= 0.3 is 6.03 Å². The molecule has 0 aliphatic carbocycles. The number of amides is 3. The Bertz CT molecular complexity index is 1630. The number of fused-ring (bicyclic) bond motifs is 4. The number of carbonyl (C=O) groups excluding carboxylic acids is 2. The lowest BCUT2D eigenvalue weighted by molar-refractivity contribution is 0.0951. The molecule has 3 N–H and O–H groups in total. The van der Waals surface area contributed by atoms with Crippen LogP contribution in [0.25, 0.3) is 0 Å². The zero-order valence-corrected chi connectivity index (χ0v) is 23.4. The lowest BCUT2D eigenvalue weighted by Crippen LogP contribution is -2.47. The van der Waals surface area contributed by atoms with Crippen LogP contribution in [0.4, 0.5) is 21.9 Å². The van der Waals surface area contributed by atoms with E-state index < -0.39 is 6.03 Å². The minimum absolute atomic E-state index is 0.0418. The van der Waals surface area contributed by atoms with Crippen LogP contribution >= 0.6 is 11.3 Å². The summed E-state index contributed by atoms with van der Waals surface area (Å²) in [5, 5.41) is 10.8. The molecule has 2 bridgehead atoms. The lowest BCUT2D eigenvalue weighted by atomic mass is 9.83. The van der Waals surface area contributed by atoms with Gasteiger partial charge in [0.1, 0.15) is 5.75 Å². The van der Waals surface area contributed by atoms with Gasteiger partial charge in [-0.15, -0.1) is 11.3 Å². The lowest BCUT2D eigenvalue weighted by Gasteiger charge is -2.44. The number of methoxy groups -OCH3 is 1. The number of hydrogen-bond donors (Lipinski definition) is 3. The van der Waals surface area contributed by atoms with E-state index in [1.807, 2.05) is 40.3 Å². The van der Waals surface area contributed by atoms with Gasteiger partial charge in [0.25, 0.3) is 11.5 Å². The van der Waals surface area contributed by atoms with Crippen molar-refractivity contribution in [2.45, 2.75) is 25.4 Å². The van der Waals surface area contributed by atoms with E-state index in [1.54, 1.807) is 60.9 Å². The number of rotatable bonds is 7. The Hall–Kier alpha value is -4.57. The second-order valence-corrected chi connectivity index (χ2v) is 11.4. The van der Waals surface area contributed by atoms with E-state index in [1.165, 1.54) is 0 Å². The first-order valence-corrected chi connectivity index (χ1v) is 14.5. The van der Waals surface area contributed by atoms with Crippen LogP contribution in [0.15, 0.2) is 83.0 Å². The molecule has 1 fully saturated rings. The Kier molecular flexibility index (Phi) is 7.47. The molecule has 41 heavy (non-hydrogen) atoms. The van der Waals surface area contributed by atoms with E-state index in [9.17, 15) is 14.4 Å². The molecule has 2 aliphatic heterocycles. The van der Waals surface area contributed by atoms with Gasteiger partial charge < -0.3 is 30.2 Å². The zero-order valence-electron chi connectivity index (χ0n) is 22.6. The number of carbonyl (C=O) groups is 2. The average Bonchev–Trinajstić information content (AvgIpc) is 3.50. The topological polar surface area (TPSA) is 105 Å². The number of pyridine rings is 1. The van der Waals surface area contributed by atoms with Crippen LogP contribution in [-0.4, -0.2) is 36.7 Å². The van der Waals surface area contributed by atoms with Gasteiger partial charge in [-0.2, -0.15) is 0 Å². The molecule has 1 saturated heterocycles. The summed E-state index contributed by atoms with van der Waals surface area (Å²) < 4.78 is 7.17. The van der Waals surface area contributed by atoms with Crippen LogP contribution in [-0.2, 0) is 13.1 Å². The molecule has 2 atom stereocenters. The third-order valence-electron chi connectivity index (χ3n) is 7.66. The van der Waals surface area contributed by atoms with Crippen LogP contribution < -0.4 is 31.1 Å². The SMILES string of the molecule is COc1cccc(NC(=O)Nc2cc(C(=O)NCc3cccs3)ccc2N2C[C@H]3C[C@@H](C2)c2cccc(=O)n2C3)c1. The normalized spacial score (nSPS) is 17.3. The number of nitrogens with one attached hydrogen (secondary N) is 3. The molecule has 4 aromatic rings. The maximum Gasteiger partial charge on any atom is 0.323 e. The second kappa shape index (κ2) is 11.5. The van der Waals surface area contributed by atoms with Crippen LogP contribution in [0.5, 0.6) is 5.75 Å². The van der Waals surface area contributed by atoms with E-state index in [0.29, 0.717) is 48.2 Å². The maximum absolute atomic E-state index is 13.2. The van der Waals surface area contributed by atoms with Gasteiger partial charge in [0, 0.05) is 59.5 Å². The van der Waals surface area contributed by atoms with Gasteiger partial charge in [0.15, 0.2) is 0 Å². The summed E-state index contributed by atoms with van der Waals surface area (Å²) in [5.74, 6) is 0.911. The molecular formula is C31H31N5O4S. The summed E-state index contributed by atoms with van der Waals surface area (Å²) in [6.45, 7) is 2.55. The predicted molar refractivity (Wildman–Crippen MR) is 161 cm³/mol. The Morgan fingerprint density at radius 2 is 1.85 bits per heavy atom. The minimum atomic E-state index is -0.426. The van der Waals surface area contributed by atoms with Crippen molar-refractivity contribution in [2.75, 3.05) is 35.7 Å². The standard InChI is InChI=1S/C31H31N5O4S/c1-40-24-6-2-5-23(15-24)33-31(39)34-26-14-21(30(38)32-16-25-7-4-12-41-25)10-11-28(26)35-17-20-13-22(19-35)27-8-3-9-29(37)36(27)18-20/h2-12,14-15,20,22H,13,16-19H2,1H3,(H,32,38)(H2,33,34,39)/t20-,22+/m1/s1. The first kappa shape index (κ1) is 26.6. The van der Waals surface area contributed by atoms with Crippen molar-refractivity contribution < 1.29 is 14.3 Å². The van der Waals surface area contributed by atoms with Crippen molar-refractivity contribution in [2.24, 2.45) is 5.92 Å². The summed E-state index contributed by atoms with van der Waals surface area (Å²) in [7, 11) is 1.57. The highest BCUT2D eigenvalue weighted by molar-refractivity contribution is 7.09. The van der Waals surface area contributed by atoms with Gasteiger partial charge in [-0.3, -0.25) is 9.59 Å². The van der Waals surface area contributed by atoms with Crippen molar-refractivity contribution >= 4 is 40.3 Å². The average molecular weight is 570 g/mol. The second-order valence-electron chi connectivity index (χ2n) is 10.4. The van der Waals surface area contributed by atoms with Gasteiger partial charge in [0.2, 0.25) is 0 Å². The van der Waals surface area contributed by atoms with Crippen LogP contribution in [0.2, 0.25) is 0 Å². The summed E-state index contributed by atoms with van der Waals surface area (Å²) in [6, 6.07) is 21.5. The van der Waals surface area contributed by atoms with Crippen LogP contribution in [0.1, 0.15) is 33.3 Å². The molecule has 4 heterocycles. The van der Waals surface area contributed by atoms with Crippen molar-refractivity contribution in [1.82, 2.24) is 9.88 Å². The number of urea groups is 1. The molecule has 0 radical (unpaired) electrons. The fourth-order valence-electron chi connectivity index (χ4n) is 5.81. The maximum atomic E-state index is 13.2. The minimum Gasteiger partial charge on any atom is -0.497 e. The molecule has 0 unspecified atom stereocenters. The summed E-state index contributed by atoms with van der Waals surface area (Å²) in [4.78, 5) is 42.0. The number of aromatic nitrogens is 1. The quantitative estimate of drug-likeness (QED) is 0.287. The predicted octanol–water partition coefficient (Wildman–Crippen LogP) is 5.12. The summed E-state index contributed by atoms with van der Waals surface area (Å²) in [5.41, 5.74) is 3.51. The Morgan fingerprint density at radius 3 is 2.68 bits per heavy atom. The number of nitrogens with zero attached hydrogens (tertiary/aromatic N) is 2. The summed E-state index contributed by atoms with van der Waals surface area (Å²) in [6.07, 6.45) is 1.02. The molecule has 0 saturated carbocycles. The number of benzene rings is 2. The Balaban J connectivity index is 1.27. The largest absolute Gasteiger partial charge is 0.497 e. The first-order valence-electron chi connectivity index (χ1n) is 13.6. The molecule has 210 valence electrons. The molecule has 2 aromatic carbocycles. The Morgan fingerprint density at radius 1 is 0.976 bits per heavy atom. The number of thiophene rings is 1. The van der Waals surface area contributed by atoms with E-state index >= 15 is 0 Å². The van der Waals surface area contributed by atoms with Crippen molar-refractivity contribution in [3.63, 3.8) is 0 Å². The number of piperidine rings is 1. The van der Waals surface area contributed by atoms with Crippen molar-refractivity contribution in [3.05, 3.63) is 105 Å². The first-order chi connectivity index (χ1) is 20.0. The van der Waals surface area contributed by atoms with Crippen LogP contribution in [0.3, 0.4) is 0 Å². The molecular weight excluding hydrogens is 538 g/mol. The smallest absolute Gasteiger partial charge is 0.323 e. The van der Waals surface area contributed by atoms with E-state index in [4.69, 9.17) is 4.74 Å². The molecule has 9 nitrogen and oxygen atoms in total. The monoisotopic (exact) mass is 569 g/mol. The van der Waals surface area contributed by atoms with Gasteiger partial charge in [0.05, 0.1) is 25.0 Å². The molecule has 2 aliphatic rings. The van der Waals surface area contributed by atoms with Gasteiger partial charge in [-0.25, -0.2) is 4.79 Å². The molecule has 6 rings (SSSR count). The van der Waals surface area contributed by atoms with Crippen LogP contribution in [0, 0.1) is 5.92 Å². The van der Waals surface area contributed by atoms with E-state index in [2.05, 4.69) is 20.9 Å². The highest BCUT2D eigenvalue weighted by atomic mass is 32.1. The molecule has 10 heteroatoms. The zero-order chi connectivity index (χ0) is 28.3. The fraction of sp³-hybridized carbons (Fsp3) is 0.258. The Labute approximate surface area is 241 Å². The number of ether oxygens (including phenoxy) is 1. The van der Waals surface area contributed by atoms with Gasteiger partial charge in [-0.05, 0) is 60.2 Å². The molecule has 0 spiro atoms. The van der Waals surface area contributed by atoms with E-state index in [-0.39, 0.29) is 17.4 Å². The van der Waals surface area contributed by atoms with Gasteiger partial charge in [-0.1, -0.05) is 18.2 Å². The third-order valence-corrected chi connectivity index (χ3v) is 8.53. The van der Waals surface area contributed by atoms with Crippen molar-refractivity contribution in [3.8, 4) is 5.75 Å². The molecule has 3 amide bonds. The van der Waals surface area contributed by atoms with E-state index in [0.717, 1.165) is 29.2 Å². The third kappa shape index (κ3) is 5.83. The summed E-state index contributed by atoms with van der Waals surface area (Å²) >= 11 is 1.58. The number of anilines is 3. The highest BCUT2D eigenvalue weighted by Crippen LogP contribution is 2.39. The molecule has 2 aromatic heterocycles. The fourth-order valence-corrected chi connectivity index (χ4v) is 6.46. The van der Waals surface area contributed by atoms with Crippen molar-refractivity contribution in [1.29, 1.82) is 0 Å². The number of hydrogen-bond acceptors (Lipinski definition) is 6. The highest BCUT2D eigenvalue weighted by Gasteiger charge is 2.35.